The van der Waals surface area contributed by atoms with E-state index in [-0.39, 0.29) is 5.84 Å². The predicted molar refractivity (Wildman–Crippen MR) is 77.8 cm³/mol. The molecule has 1 aliphatic heterocycles. The fourth-order valence-corrected chi connectivity index (χ4v) is 2.51. The molecule has 4 heteroatoms. The SMILES string of the molecule is CC1CCCN(CCOc2ccc(C(=N)N)cc2)C1. The number of nitrogens with zero attached hydrogens (tertiary/aromatic N) is 1. The summed E-state index contributed by atoms with van der Waals surface area (Å²) in [5.74, 6) is 1.74. The number of likely N-dealkylation sites (tertiary alicyclic amines) is 1. The molecule has 19 heavy (non-hydrogen) atoms. The van der Waals surface area contributed by atoms with Crippen LogP contribution in [0.15, 0.2) is 24.3 Å². The lowest BCUT2D eigenvalue weighted by molar-refractivity contribution is 0.153. The smallest absolute Gasteiger partial charge is 0.122 e. The van der Waals surface area contributed by atoms with Gasteiger partial charge in [0.2, 0.25) is 0 Å². The van der Waals surface area contributed by atoms with Gasteiger partial charge < -0.3 is 10.5 Å². The standard InChI is InChI=1S/C15H23N3O/c1-12-3-2-8-18(11-12)9-10-19-14-6-4-13(5-7-14)15(16)17/h4-7,12H,2-3,8-11H2,1H3,(H3,16,17). The fourth-order valence-electron chi connectivity index (χ4n) is 2.51. The van der Waals surface area contributed by atoms with Crippen LogP contribution in [0.3, 0.4) is 0 Å². The Balaban J connectivity index is 1.74. The molecular weight excluding hydrogens is 238 g/mol. The van der Waals surface area contributed by atoms with Crippen molar-refractivity contribution in [2.75, 3.05) is 26.2 Å². The number of rotatable bonds is 5. The first-order valence-electron chi connectivity index (χ1n) is 6.95. The van der Waals surface area contributed by atoms with Crippen LogP contribution in [-0.4, -0.2) is 37.0 Å². The highest BCUT2D eigenvalue weighted by molar-refractivity contribution is 5.94. The van der Waals surface area contributed by atoms with E-state index in [0.29, 0.717) is 6.61 Å². The summed E-state index contributed by atoms with van der Waals surface area (Å²) in [6.07, 6.45) is 2.65. The second-order valence-corrected chi connectivity index (χ2v) is 5.33. The highest BCUT2D eigenvalue weighted by Gasteiger charge is 2.15. The van der Waals surface area contributed by atoms with Crippen LogP contribution in [0.2, 0.25) is 0 Å². The molecule has 0 aliphatic carbocycles. The molecule has 4 nitrogen and oxygen atoms in total. The van der Waals surface area contributed by atoms with Crippen molar-refractivity contribution in [3.63, 3.8) is 0 Å². The van der Waals surface area contributed by atoms with E-state index in [1.165, 1.54) is 25.9 Å². The lowest BCUT2D eigenvalue weighted by atomic mass is 10.0. The summed E-state index contributed by atoms with van der Waals surface area (Å²) in [6, 6.07) is 7.38. The third-order valence-corrected chi connectivity index (χ3v) is 3.58. The summed E-state index contributed by atoms with van der Waals surface area (Å²) in [4.78, 5) is 2.47. The first kappa shape index (κ1) is 13.9. The molecule has 1 unspecified atom stereocenters. The Morgan fingerprint density at radius 1 is 1.42 bits per heavy atom. The second kappa shape index (κ2) is 6.57. The first-order chi connectivity index (χ1) is 9.15. The summed E-state index contributed by atoms with van der Waals surface area (Å²) in [7, 11) is 0. The van der Waals surface area contributed by atoms with Gasteiger partial charge in [-0.15, -0.1) is 0 Å². The number of nitrogens with one attached hydrogen (secondary N) is 1. The van der Waals surface area contributed by atoms with Crippen LogP contribution < -0.4 is 10.5 Å². The van der Waals surface area contributed by atoms with Gasteiger partial charge in [-0.3, -0.25) is 10.3 Å². The third kappa shape index (κ3) is 4.24. The maximum absolute atomic E-state index is 7.33. The van der Waals surface area contributed by atoms with E-state index in [1.54, 1.807) is 0 Å². The molecule has 2 rings (SSSR count). The van der Waals surface area contributed by atoms with Crippen molar-refractivity contribution in [2.45, 2.75) is 19.8 Å². The van der Waals surface area contributed by atoms with Gasteiger partial charge >= 0.3 is 0 Å². The number of hydrogen-bond donors (Lipinski definition) is 2. The molecule has 0 amide bonds. The molecule has 0 saturated carbocycles. The summed E-state index contributed by atoms with van der Waals surface area (Å²) in [5, 5.41) is 7.33. The minimum atomic E-state index is 0.0915. The Bertz CT molecular complexity index is 416. The van der Waals surface area contributed by atoms with Crippen LogP contribution in [0.4, 0.5) is 0 Å². The van der Waals surface area contributed by atoms with Gasteiger partial charge in [0.25, 0.3) is 0 Å². The number of nitrogens with two attached hydrogens (primary N) is 1. The van der Waals surface area contributed by atoms with Gasteiger partial charge in [0.05, 0.1) is 0 Å². The van der Waals surface area contributed by atoms with E-state index in [4.69, 9.17) is 15.9 Å². The van der Waals surface area contributed by atoms with Crippen molar-refractivity contribution in [3.05, 3.63) is 29.8 Å². The number of benzene rings is 1. The topological polar surface area (TPSA) is 62.3 Å². The monoisotopic (exact) mass is 261 g/mol. The normalized spacial score (nSPS) is 20.2. The minimum Gasteiger partial charge on any atom is -0.492 e. The zero-order chi connectivity index (χ0) is 13.7. The highest BCUT2D eigenvalue weighted by Crippen LogP contribution is 2.16. The molecule has 1 atom stereocenters. The van der Waals surface area contributed by atoms with E-state index in [2.05, 4.69) is 11.8 Å². The van der Waals surface area contributed by atoms with Gasteiger partial charge in [0, 0.05) is 18.7 Å². The van der Waals surface area contributed by atoms with Crippen LogP contribution in [0.1, 0.15) is 25.3 Å². The fraction of sp³-hybridized carbons (Fsp3) is 0.533. The number of nitrogen functional groups attached to an aromatic ring is 1. The first-order valence-corrected chi connectivity index (χ1v) is 6.95. The molecule has 1 fully saturated rings. The highest BCUT2D eigenvalue weighted by atomic mass is 16.5. The van der Waals surface area contributed by atoms with E-state index in [1.807, 2.05) is 24.3 Å². The quantitative estimate of drug-likeness (QED) is 0.630. The Kier molecular flexibility index (Phi) is 4.80. The van der Waals surface area contributed by atoms with Crippen molar-refractivity contribution >= 4 is 5.84 Å². The molecule has 3 N–H and O–H groups in total. The molecule has 1 aromatic carbocycles. The average molecular weight is 261 g/mol. The average Bonchev–Trinajstić information content (AvgIpc) is 2.39. The van der Waals surface area contributed by atoms with E-state index in [9.17, 15) is 0 Å². The summed E-state index contributed by atoms with van der Waals surface area (Å²) >= 11 is 0. The third-order valence-electron chi connectivity index (χ3n) is 3.58. The van der Waals surface area contributed by atoms with Gasteiger partial charge in [-0.25, -0.2) is 0 Å². The van der Waals surface area contributed by atoms with Crippen molar-refractivity contribution in [1.82, 2.24) is 4.90 Å². The molecule has 0 radical (unpaired) electrons. The van der Waals surface area contributed by atoms with Crippen molar-refractivity contribution < 1.29 is 4.74 Å². The van der Waals surface area contributed by atoms with E-state index < -0.39 is 0 Å². The maximum Gasteiger partial charge on any atom is 0.122 e. The molecule has 1 aliphatic rings. The molecule has 0 bridgehead atoms. The summed E-state index contributed by atoms with van der Waals surface area (Å²) in [6.45, 7) is 6.39. The van der Waals surface area contributed by atoms with Gasteiger partial charge in [-0.2, -0.15) is 0 Å². The van der Waals surface area contributed by atoms with Crippen LogP contribution in [0, 0.1) is 11.3 Å². The lowest BCUT2D eigenvalue weighted by Gasteiger charge is -2.30. The number of amidine groups is 1. The Morgan fingerprint density at radius 3 is 2.79 bits per heavy atom. The number of piperidine rings is 1. The zero-order valence-corrected chi connectivity index (χ0v) is 11.6. The number of hydrogen-bond acceptors (Lipinski definition) is 3. The van der Waals surface area contributed by atoms with Crippen molar-refractivity contribution in [3.8, 4) is 5.75 Å². The van der Waals surface area contributed by atoms with Gasteiger partial charge in [0.1, 0.15) is 18.2 Å². The van der Waals surface area contributed by atoms with Gasteiger partial charge in [-0.05, 0) is 49.6 Å². The summed E-state index contributed by atoms with van der Waals surface area (Å²) < 4.78 is 5.73. The Labute approximate surface area is 115 Å². The molecule has 104 valence electrons. The minimum absolute atomic E-state index is 0.0915. The molecule has 0 spiro atoms. The second-order valence-electron chi connectivity index (χ2n) is 5.33. The maximum atomic E-state index is 7.33. The largest absolute Gasteiger partial charge is 0.492 e. The van der Waals surface area contributed by atoms with Crippen LogP contribution >= 0.6 is 0 Å². The summed E-state index contributed by atoms with van der Waals surface area (Å²) in [5.41, 5.74) is 6.14. The lowest BCUT2D eigenvalue weighted by Crippen LogP contribution is -2.37. The van der Waals surface area contributed by atoms with Crippen molar-refractivity contribution in [2.24, 2.45) is 11.7 Å². The van der Waals surface area contributed by atoms with Crippen molar-refractivity contribution in [1.29, 1.82) is 5.41 Å². The number of ether oxygens (including phenoxy) is 1. The van der Waals surface area contributed by atoms with Gasteiger partial charge in [-0.1, -0.05) is 6.92 Å². The molecule has 1 heterocycles. The molecule has 1 saturated heterocycles. The molecule has 1 aromatic rings. The van der Waals surface area contributed by atoms with Gasteiger partial charge in [0.15, 0.2) is 0 Å². The van der Waals surface area contributed by atoms with Crippen LogP contribution in [0.5, 0.6) is 5.75 Å². The Morgan fingerprint density at radius 2 is 2.16 bits per heavy atom. The zero-order valence-electron chi connectivity index (χ0n) is 11.6. The predicted octanol–water partition coefficient (Wildman–Crippen LogP) is 2.08. The molecular formula is C15H23N3O. The van der Waals surface area contributed by atoms with Crippen LogP contribution in [0.25, 0.3) is 0 Å². The van der Waals surface area contributed by atoms with Crippen LogP contribution in [-0.2, 0) is 0 Å². The molecule has 0 aromatic heterocycles. The van der Waals surface area contributed by atoms with E-state index >= 15 is 0 Å². The Hall–Kier alpha value is -1.55. The van der Waals surface area contributed by atoms with E-state index in [0.717, 1.165) is 23.8 Å².